The van der Waals surface area contributed by atoms with Gasteiger partial charge in [0.15, 0.2) is 4.96 Å². The van der Waals surface area contributed by atoms with Crippen LogP contribution in [0.5, 0.6) is 0 Å². The number of aromatic nitrogens is 2. The van der Waals surface area contributed by atoms with Crippen LogP contribution in [-0.2, 0) is 0 Å². The lowest BCUT2D eigenvalue weighted by Crippen LogP contribution is -2.40. The Hall–Kier alpha value is -2.18. The van der Waals surface area contributed by atoms with E-state index in [9.17, 15) is 9.90 Å². The molecule has 1 N–H and O–H groups in total. The molecule has 1 aliphatic rings. The highest BCUT2D eigenvalue weighted by Gasteiger charge is 2.35. The van der Waals surface area contributed by atoms with Crippen LogP contribution in [0.4, 0.5) is 0 Å². The summed E-state index contributed by atoms with van der Waals surface area (Å²) in [5.41, 5.74) is 2.41. The van der Waals surface area contributed by atoms with Gasteiger partial charge >= 0.3 is 0 Å². The van der Waals surface area contributed by atoms with Crippen LogP contribution in [0, 0.1) is 5.41 Å². The summed E-state index contributed by atoms with van der Waals surface area (Å²) in [7, 11) is 1.83. The smallest absolute Gasteiger partial charge is 0.271 e. The Morgan fingerprint density at radius 2 is 2.04 bits per heavy atom. The molecule has 1 aliphatic carbocycles. The summed E-state index contributed by atoms with van der Waals surface area (Å²) in [6.07, 6.45) is 6.17. The van der Waals surface area contributed by atoms with Gasteiger partial charge < -0.3 is 10.0 Å². The Morgan fingerprint density at radius 1 is 1.31 bits per heavy atom. The van der Waals surface area contributed by atoms with E-state index in [1.54, 1.807) is 4.90 Å². The maximum absolute atomic E-state index is 13.0. The minimum Gasteiger partial charge on any atom is -0.396 e. The number of thiazole rings is 1. The predicted molar refractivity (Wildman–Crippen MR) is 103 cm³/mol. The van der Waals surface area contributed by atoms with Crippen molar-refractivity contribution in [1.29, 1.82) is 0 Å². The third-order valence-electron chi connectivity index (χ3n) is 5.42. The SMILES string of the molecule is CN(CC1(CO)CCCC1)C(=O)c1csc2nc(-c3ccccc3)cn12. The van der Waals surface area contributed by atoms with Gasteiger partial charge in [0.05, 0.1) is 12.3 Å². The molecule has 0 saturated heterocycles. The molecule has 0 spiro atoms. The summed E-state index contributed by atoms with van der Waals surface area (Å²) < 4.78 is 1.88. The number of hydrogen-bond acceptors (Lipinski definition) is 4. The first kappa shape index (κ1) is 17.2. The fourth-order valence-corrected chi connectivity index (χ4v) is 4.79. The number of aliphatic hydroxyl groups is 1. The third kappa shape index (κ3) is 3.04. The van der Waals surface area contributed by atoms with Gasteiger partial charge in [0.1, 0.15) is 5.69 Å². The molecule has 1 saturated carbocycles. The lowest BCUT2D eigenvalue weighted by atomic mass is 9.86. The molecule has 3 aromatic rings. The van der Waals surface area contributed by atoms with Crippen molar-refractivity contribution < 1.29 is 9.90 Å². The normalized spacial score (nSPS) is 16.2. The fourth-order valence-electron chi connectivity index (χ4n) is 3.95. The second-order valence-electron chi connectivity index (χ2n) is 7.29. The number of hydrogen-bond donors (Lipinski definition) is 1. The van der Waals surface area contributed by atoms with Crippen LogP contribution in [0.2, 0.25) is 0 Å². The summed E-state index contributed by atoms with van der Waals surface area (Å²) in [4.78, 5) is 20.2. The molecule has 2 heterocycles. The van der Waals surface area contributed by atoms with Crippen molar-refractivity contribution in [2.75, 3.05) is 20.2 Å². The van der Waals surface area contributed by atoms with Gasteiger partial charge in [-0.3, -0.25) is 9.20 Å². The van der Waals surface area contributed by atoms with E-state index >= 15 is 0 Å². The summed E-state index contributed by atoms with van der Waals surface area (Å²) in [6.45, 7) is 0.743. The maximum Gasteiger partial charge on any atom is 0.271 e. The van der Waals surface area contributed by atoms with Crippen LogP contribution < -0.4 is 0 Å². The van der Waals surface area contributed by atoms with E-state index in [4.69, 9.17) is 0 Å². The van der Waals surface area contributed by atoms with Gasteiger partial charge in [-0.05, 0) is 12.8 Å². The molecule has 0 aliphatic heterocycles. The number of carbonyl (C=O) groups excluding carboxylic acids is 1. The molecule has 6 heteroatoms. The first-order chi connectivity index (χ1) is 12.6. The monoisotopic (exact) mass is 369 g/mol. The van der Waals surface area contributed by atoms with Crippen LogP contribution in [0.3, 0.4) is 0 Å². The van der Waals surface area contributed by atoms with Gasteiger partial charge in [0.2, 0.25) is 0 Å². The molecule has 136 valence electrons. The lowest BCUT2D eigenvalue weighted by molar-refractivity contribution is 0.0589. The standard InChI is InChI=1S/C20H23N3O2S/c1-22(13-20(14-24)9-5-6-10-20)18(25)17-12-26-19-21-16(11-23(17)19)15-7-3-2-4-8-15/h2-4,7-8,11-12,24H,5-6,9-10,13-14H2,1H3. The van der Waals surface area contributed by atoms with E-state index in [0.717, 1.165) is 41.9 Å². The van der Waals surface area contributed by atoms with Crippen molar-refractivity contribution in [2.24, 2.45) is 5.41 Å². The number of nitrogens with zero attached hydrogens (tertiary/aromatic N) is 3. The van der Waals surface area contributed by atoms with Gasteiger partial charge in [-0.1, -0.05) is 43.2 Å². The Balaban J connectivity index is 1.59. The Morgan fingerprint density at radius 3 is 2.73 bits per heavy atom. The molecular formula is C20H23N3O2S. The van der Waals surface area contributed by atoms with Crippen molar-refractivity contribution in [3.05, 3.63) is 47.6 Å². The molecule has 0 unspecified atom stereocenters. The van der Waals surface area contributed by atoms with Crippen LogP contribution in [-0.4, -0.2) is 45.5 Å². The molecule has 1 amide bonds. The average molecular weight is 369 g/mol. The van der Waals surface area contributed by atoms with Crippen molar-refractivity contribution in [2.45, 2.75) is 25.7 Å². The van der Waals surface area contributed by atoms with Gasteiger partial charge in [-0.25, -0.2) is 4.98 Å². The highest BCUT2D eigenvalue weighted by atomic mass is 32.1. The summed E-state index contributed by atoms with van der Waals surface area (Å²) in [5, 5.41) is 11.7. The van der Waals surface area contributed by atoms with Crippen molar-refractivity contribution in [3.8, 4) is 11.3 Å². The number of rotatable bonds is 5. The average Bonchev–Trinajstić information content (AvgIpc) is 3.38. The number of benzene rings is 1. The molecule has 4 rings (SSSR count). The Labute approximate surface area is 156 Å². The van der Waals surface area contributed by atoms with E-state index in [1.807, 2.05) is 53.4 Å². The van der Waals surface area contributed by atoms with E-state index < -0.39 is 0 Å². The van der Waals surface area contributed by atoms with Crippen molar-refractivity contribution in [1.82, 2.24) is 14.3 Å². The Bertz CT molecular complexity index is 910. The Kier molecular flexibility index (Phi) is 4.54. The quantitative estimate of drug-likeness (QED) is 0.746. The third-order valence-corrected chi connectivity index (χ3v) is 6.26. The zero-order valence-electron chi connectivity index (χ0n) is 14.9. The van der Waals surface area contributed by atoms with Crippen LogP contribution >= 0.6 is 11.3 Å². The largest absolute Gasteiger partial charge is 0.396 e. The zero-order chi connectivity index (χ0) is 18.1. The highest BCUT2D eigenvalue weighted by molar-refractivity contribution is 7.15. The van der Waals surface area contributed by atoms with Gasteiger partial charge in [-0.2, -0.15) is 0 Å². The molecule has 0 atom stereocenters. The van der Waals surface area contributed by atoms with Crippen molar-refractivity contribution in [3.63, 3.8) is 0 Å². The summed E-state index contributed by atoms with van der Waals surface area (Å²) >= 11 is 1.48. The van der Waals surface area contributed by atoms with Gasteiger partial charge in [0.25, 0.3) is 5.91 Å². The molecule has 5 nitrogen and oxygen atoms in total. The molecular weight excluding hydrogens is 346 g/mol. The van der Waals surface area contributed by atoms with Crippen LogP contribution in [0.15, 0.2) is 41.9 Å². The van der Waals surface area contributed by atoms with Gasteiger partial charge in [0, 0.05) is 36.1 Å². The minimum absolute atomic E-state index is 0.0204. The van der Waals surface area contributed by atoms with E-state index in [0.29, 0.717) is 12.2 Å². The van der Waals surface area contributed by atoms with Gasteiger partial charge in [-0.15, -0.1) is 11.3 Å². The zero-order valence-corrected chi connectivity index (χ0v) is 15.7. The topological polar surface area (TPSA) is 57.8 Å². The van der Waals surface area contributed by atoms with E-state index in [2.05, 4.69) is 4.98 Å². The second-order valence-corrected chi connectivity index (χ2v) is 8.13. The number of amides is 1. The van der Waals surface area contributed by atoms with Crippen LogP contribution in [0.1, 0.15) is 36.2 Å². The number of fused-ring (bicyclic) bond motifs is 1. The molecule has 26 heavy (non-hydrogen) atoms. The number of carbonyl (C=O) groups is 1. The second kappa shape index (κ2) is 6.85. The number of aliphatic hydroxyl groups excluding tert-OH is 1. The first-order valence-corrected chi connectivity index (χ1v) is 9.88. The number of imidazole rings is 1. The van der Waals surface area contributed by atoms with Crippen LogP contribution in [0.25, 0.3) is 16.2 Å². The summed E-state index contributed by atoms with van der Waals surface area (Å²) in [5.74, 6) is -0.0204. The fraction of sp³-hybridized carbons (Fsp3) is 0.400. The predicted octanol–water partition coefficient (Wildman–Crippen LogP) is 3.69. The van der Waals surface area contributed by atoms with E-state index in [1.165, 1.54) is 11.3 Å². The first-order valence-electron chi connectivity index (χ1n) is 9.00. The molecule has 0 radical (unpaired) electrons. The lowest BCUT2D eigenvalue weighted by Gasteiger charge is -2.31. The minimum atomic E-state index is -0.135. The maximum atomic E-state index is 13.0. The summed E-state index contributed by atoms with van der Waals surface area (Å²) in [6, 6.07) is 9.99. The molecule has 1 fully saturated rings. The molecule has 2 aromatic heterocycles. The molecule has 0 bridgehead atoms. The van der Waals surface area contributed by atoms with E-state index in [-0.39, 0.29) is 17.9 Å². The molecule has 1 aromatic carbocycles. The highest BCUT2D eigenvalue weighted by Crippen LogP contribution is 2.38. The van der Waals surface area contributed by atoms with Crippen molar-refractivity contribution >= 4 is 22.2 Å².